The normalized spacial score (nSPS) is 34.2. The van der Waals surface area contributed by atoms with Crippen molar-refractivity contribution >= 4 is 0 Å². The topological polar surface area (TPSA) is 12.0 Å². The summed E-state index contributed by atoms with van der Waals surface area (Å²) in [6.45, 7) is 0. The number of benzene rings is 1. The maximum Gasteiger partial charge on any atom is 0.0139 e. The molecule has 1 N–H and O–H groups in total. The fourth-order valence-corrected chi connectivity index (χ4v) is 3.36. The highest BCUT2D eigenvalue weighted by Gasteiger charge is 2.38. The molecular weight excluding hydrogens is 170 g/mol. The molecule has 3 atom stereocenters. The lowest BCUT2D eigenvalue weighted by molar-refractivity contribution is 0.283. The van der Waals surface area contributed by atoms with E-state index in [1.165, 1.54) is 19.3 Å². The van der Waals surface area contributed by atoms with Crippen LogP contribution in [0.1, 0.15) is 42.2 Å². The van der Waals surface area contributed by atoms with Gasteiger partial charge in [-0.15, -0.1) is 0 Å². The first-order valence-corrected chi connectivity index (χ1v) is 5.66. The molecule has 0 aliphatic heterocycles. The van der Waals surface area contributed by atoms with Gasteiger partial charge in [-0.25, -0.2) is 0 Å². The second kappa shape index (κ2) is 3.09. The van der Waals surface area contributed by atoms with E-state index in [0.717, 1.165) is 17.9 Å². The van der Waals surface area contributed by atoms with Crippen molar-refractivity contribution in [1.29, 1.82) is 0 Å². The number of fused-ring (bicyclic) bond motifs is 2. The van der Waals surface area contributed by atoms with Crippen LogP contribution in [-0.2, 0) is 0 Å². The molecule has 0 unspecified atom stereocenters. The van der Waals surface area contributed by atoms with Gasteiger partial charge in [-0.3, -0.25) is 0 Å². The molecule has 3 aliphatic carbocycles. The van der Waals surface area contributed by atoms with Crippen molar-refractivity contribution in [2.75, 3.05) is 7.05 Å². The first-order valence-electron chi connectivity index (χ1n) is 5.66. The molecule has 14 heavy (non-hydrogen) atoms. The molecule has 0 amide bonds. The average molecular weight is 187 g/mol. The fourth-order valence-electron chi connectivity index (χ4n) is 3.36. The van der Waals surface area contributed by atoms with E-state index in [1.807, 2.05) is 0 Å². The van der Waals surface area contributed by atoms with Crippen LogP contribution in [0.2, 0.25) is 0 Å². The van der Waals surface area contributed by atoms with Crippen LogP contribution in [0.25, 0.3) is 0 Å². The van der Waals surface area contributed by atoms with Crippen LogP contribution in [0.15, 0.2) is 24.3 Å². The predicted molar refractivity (Wildman–Crippen MR) is 58.6 cm³/mol. The van der Waals surface area contributed by atoms with E-state index in [2.05, 4.69) is 36.6 Å². The van der Waals surface area contributed by atoms with Gasteiger partial charge in [-0.05, 0) is 49.3 Å². The van der Waals surface area contributed by atoms with Crippen molar-refractivity contribution in [2.45, 2.75) is 37.1 Å². The summed E-state index contributed by atoms with van der Waals surface area (Å²) in [6, 6.07) is 9.76. The first-order chi connectivity index (χ1) is 6.90. The van der Waals surface area contributed by atoms with Crippen LogP contribution in [-0.4, -0.2) is 13.1 Å². The number of hydrogen-bond acceptors (Lipinski definition) is 1. The zero-order valence-electron chi connectivity index (χ0n) is 8.66. The number of rotatable bonds is 1. The lowest BCUT2D eigenvalue weighted by Crippen LogP contribution is -2.41. The van der Waals surface area contributed by atoms with Gasteiger partial charge in [0.2, 0.25) is 0 Å². The van der Waals surface area contributed by atoms with E-state index < -0.39 is 0 Å². The molecule has 1 aromatic rings. The molecule has 4 rings (SSSR count). The predicted octanol–water partition coefficient (Wildman–Crippen LogP) is 2.64. The van der Waals surface area contributed by atoms with Crippen LogP contribution >= 0.6 is 0 Å². The van der Waals surface area contributed by atoms with Crippen molar-refractivity contribution in [2.24, 2.45) is 0 Å². The molecule has 1 nitrogen and oxygen atoms in total. The van der Waals surface area contributed by atoms with E-state index in [0.29, 0.717) is 0 Å². The van der Waals surface area contributed by atoms with Crippen LogP contribution in [0.3, 0.4) is 0 Å². The molecule has 0 heterocycles. The zero-order valence-corrected chi connectivity index (χ0v) is 8.66. The van der Waals surface area contributed by atoms with Gasteiger partial charge >= 0.3 is 0 Å². The molecule has 3 aliphatic rings. The molecule has 2 bridgehead atoms. The minimum atomic E-state index is 0.726. The third kappa shape index (κ3) is 1.05. The van der Waals surface area contributed by atoms with Crippen molar-refractivity contribution in [3.63, 3.8) is 0 Å². The minimum absolute atomic E-state index is 0.726. The quantitative estimate of drug-likeness (QED) is 0.712. The summed E-state index contributed by atoms with van der Waals surface area (Å²) in [5, 5.41) is 3.48. The highest BCUT2D eigenvalue weighted by atomic mass is 14.9. The molecule has 1 aromatic carbocycles. The highest BCUT2D eigenvalue weighted by molar-refractivity contribution is 5.39. The van der Waals surface area contributed by atoms with Gasteiger partial charge in [0.05, 0.1) is 0 Å². The van der Waals surface area contributed by atoms with Gasteiger partial charge in [0.1, 0.15) is 0 Å². The van der Waals surface area contributed by atoms with Crippen LogP contribution in [0.4, 0.5) is 0 Å². The Morgan fingerprint density at radius 2 is 1.93 bits per heavy atom. The third-order valence-corrected chi connectivity index (χ3v) is 4.06. The molecule has 0 radical (unpaired) electrons. The molecule has 0 saturated heterocycles. The lowest BCUT2D eigenvalue weighted by Gasteiger charge is -2.44. The standard InChI is InChI=1S/C13H17N/c1-14-13-8-9-6-7-12(13)11-5-3-2-4-10(9)11/h2-5,9,12-14H,6-8H2,1H3/t9-,12-,13+/m0/s1. The van der Waals surface area contributed by atoms with Crippen LogP contribution < -0.4 is 5.32 Å². The summed E-state index contributed by atoms with van der Waals surface area (Å²) in [5.74, 6) is 1.61. The highest BCUT2D eigenvalue weighted by Crippen LogP contribution is 2.48. The van der Waals surface area contributed by atoms with E-state index >= 15 is 0 Å². The maximum atomic E-state index is 3.48. The molecule has 74 valence electrons. The second-order valence-electron chi connectivity index (χ2n) is 4.64. The van der Waals surface area contributed by atoms with Gasteiger partial charge in [0, 0.05) is 6.04 Å². The lowest BCUT2D eigenvalue weighted by atomic mass is 9.64. The molecule has 1 fully saturated rings. The Morgan fingerprint density at radius 3 is 2.71 bits per heavy atom. The largest absolute Gasteiger partial charge is 0.316 e. The SMILES string of the molecule is CN[C@@H]1C[C@@H]2CC[C@H]1c1ccccc12. The molecular formula is C13H17N. The third-order valence-electron chi connectivity index (χ3n) is 4.06. The molecule has 1 heteroatoms. The van der Waals surface area contributed by atoms with Gasteiger partial charge in [-0.1, -0.05) is 24.3 Å². The van der Waals surface area contributed by atoms with Gasteiger partial charge in [0.15, 0.2) is 0 Å². The summed E-state index contributed by atoms with van der Waals surface area (Å²) in [7, 11) is 2.11. The van der Waals surface area contributed by atoms with Crippen molar-refractivity contribution in [3.8, 4) is 0 Å². The number of hydrogen-bond donors (Lipinski definition) is 1. The van der Waals surface area contributed by atoms with Crippen molar-refractivity contribution in [3.05, 3.63) is 35.4 Å². The Bertz CT molecular complexity index is 345. The summed E-state index contributed by atoms with van der Waals surface area (Å²) in [5.41, 5.74) is 3.25. The van der Waals surface area contributed by atoms with Crippen LogP contribution in [0.5, 0.6) is 0 Å². The van der Waals surface area contributed by atoms with Crippen molar-refractivity contribution < 1.29 is 0 Å². The fraction of sp³-hybridized carbons (Fsp3) is 0.538. The Labute approximate surface area is 85.5 Å². The van der Waals surface area contributed by atoms with Gasteiger partial charge in [0.25, 0.3) is 0 Å². The first kappa shape index (κ1) is 8.49. The smallest absolute Gasteiger partial charge is 0.0139 e. The zero-order chi connectivity index (χ0) is 9.54. The second-order valence-corrected chi connectivity index (χ2v) is 4.64. The van der Waals surface area contributed by atoms with E-state index in [-0.39, 0.29) is 0 Å². The van der Waals surface area contributed by atoms with Crippen molar-refractivity contribution in [1.82, 2.24) is 5.32 Å². The van der Waals surface area contributed by atoms with E-state index in [9.17, 15) is 0 Å². The van der Waals surface area contributed by atoms with Gasteiger partial charge < -0.3 is 5.32 Å². The molecule has 0 aromatic heterocycles. The van der Waals surface area contributed by atoms with Crippen LogP contribution in [0, 0.1) is 0 Å². The summed E-state index contributed by atoms with van der Waals surface area (Å²) >= 11 is 0. The number of likely N-dealkylation sites (N-methyl/N-ethyl adjacent to an activating group) is 1. The van der Waals surface area contributed by atoms with E-state index in [1.54, 1.807) is 11.1 Å². The Kier molecular flexibility index (Phi) is 1.88. The average Bonchev–Trinajstić information content (AvgIpc) is 2.30. The van der Waals surface area contributed by atoms with E-state index in [4.69, 9.17) is 0 Å². The monoisotopic (exact) mass is 187 g/mol. The summed E-state index contributed by atoms with van der Waals surface area (Å²) in [4.78, 5) is 0. The Hall–Kier alpha value is -0.820. The Balaban J connectivity index is 2.08. The minimum Gasteiger partial charge on any atom is -0.316 e. The molecule has 1 saturated carbocycles. The summed E-state index contributed by atoms with van der Waals surface area (Å²) in [6.07, 6.45) is 4.13. The Morgan fingerprint density at radius 1 is 1.14 bits per heavy atom. The molecule has 0 spiro atoms. The number of nitrogens with one attached hydrogen (secondary N) is 1. The summed E-state index contributed by atoms with van der Waals surface area (Å²) < 4.78 is 0. The maximum absolute atomic E-state index is 3.48. The van der Waals surface area contributed by atoms with Gasteiger partial charge in [-0.2, -0.15) is 0 Å².